The highest BCUT2D eigenvalue weighted by atomic mass is 16.5. The van der Waals surface area contributed by atoms with Gasteiger partial charge in [-0.05, 0) is 52.8 Å². The van der Waals surface area contributed by atoms with Crippen molar-refractivity contribution in [2.75, 3.05) is 19.8 Å². The Kier molecular flexibility index (Phi) is 6.98. The molecule has 0 spiro atoms. The van der Waals surface area contributed by atoms with Crippen LogP contribution in [0, 0.1) is 6.92 Å². The second kappa shape index (κ2) is 10.3. The lowest BCUT2D eigenvalue weighted by atomic mass is 10.1. The van der Waals surface area contributed by atoms with Gasteiger partial charge in [-0.1, -0.05) is 0 Å². The average Bonchev–Trinajstić information content (AvgIpc) is 3.52. The van der Waals surface area contributed by atoms with Crippen molar-refractivity contribution in [2.24, 2.45) is 0 Å². The summed E-state index contributed by atoms with van der Waals surface area (Å²) in [5, 5.41) is 30.5. The Bertz CT molecular complexity index is 1420. The normalized spacial score (nSPS) is 17.3. The molecular weight excluding hydrogens is 472 g/mol. The minimum absolute atomic E-state index is 0.0222. The molecule has 0 fully saturated rings. The van der Waals surface area contributed by atoms with Crippen LogP contribution in [0.3, 0.4) is 0 Å². The van der Waals surface area contributed by atoms with Crippen molar-refractivity contribution in [2.45, 2.75) is 59.9 Å². The molecule has 4 aromatic rings. The number of hydrogen-bond acceptors (Lipinski definition) is 8. The van der Waals surface area contributed by atoms with Crippen LogP contribution in [0.2, 0.25) is 0 Å². The lowest BCUT2D eigenvalue weighted by molar-refractivity contribution is 0.112. The maximum Gasteiger partial charge on any atom is 0.242 e. The Labute approximate surface area is 215 Å². The zero-order valence-electron chi connectivity index (χ0n) is 21.9. The highest BCUT2D eigenvalue weighted by molar-refractivity contribution is 5.92. The van der Waals surface area contributed by atoms with E-state index in [0.29, 0.717) is 38.0 Å². The summed E-state index contributed by atoms with van der Waals surface area (Å²) in [6, 6.07) is 2.24. The number of nitrogens with one attached hydrogen (secondary N) is 2. The molecule has 196 valence electrons. The van der Waals surface area contributed by atoms with Gasteiger partial charge in [0.2, 0.25) is 11.8 Å². The predicted molar refractivity (Wildman–Crippen MR) is 141 cm³/mol. The number of ether oxygens (including phenoxy) is 2. The molecule has 0 saturated heterocycles. The third-order valence-electron chi connectivity index (χ3n) is 6.60. The first kappa shape index (κ1) is 25.0. The molecule has 5 rings (SSSR count). The monoisotopic (exact) mass is 506 g/mol. The Hall–Kier alpha value is -3.70. The number of H-pyrrole nitrogens is 2. The molecule has 1 unspecified atom stereocenters. The Morgan fingerprint density at radius 3 is 2.84 bits per heavy atom. The summed E-state index contributed by atoms with van der Waals surface area (Å²) in [5.74, 6) is 1.07. The van der Waals surface area contributed by atoms with Crippen molar-refractivity contribution in [1.82, 2.24) is 40.1 Å². The summed E-state index contributed by atoms with van der Waals surface area (Å²) in [4.78, 5) is 6.99. The van der Waals surface area contributed by atoms with Gasteiger partial charge in [0.1, 0.15) is 6.10 Å². The standard InChI is InChI=1S/C26H34N8O3/c1-6-36-25-18-7-8-20-19-11-21(27-12-22(19)30-29-20)24-17(5)28-31-26(24)37-16(4)13-33(15(2)3)14-23(18)34(32-25)9-10-35/h7-8,11-12,15-16,35H,6,9-10,13-14H2,1-5H3,(H,28,31)(H,29,30)/b8-7+. The highest BCUT2D eigenvalue weighted by Crippen LogP contribution is 2.34. The van der Waals surface area contributed by atoms with Gasteiger partial charge in [-0.2, -0.15) is 5.10 Å². The zero-order chi connectivity index (χ0) is 26.1. The number of fused-ring (bicyclic) bond motifs is 4. The van der Waals surface area contributed by atoms with Crippen LogP contribution in [-0.2, 0) is 13.1 Å². The molecule has 2 bridgehead atoms. The Morgan fingerprint density at radius 1 is 1.24 bits per heavy atom. The summed E-state index contributed by atoms with van der Waals surface area (Å²) in [6.07, 6.45) is 5.60. The molecule has 0 radical (unpaired) electrons. The van der Waals surface area contributed by atoms with E-state index < -0.39 is 0 Å². The summed E-state index contributed by atoms with van der Waals surface area (Å²) < 4.78 is 14.1. The van der Waals surface area contributed by atoms with Crippen LogP contribution in [0.25, 0.3) is 34.3 Å². The fourth-order valence-electron chi connectivity index (χ4n) is 4.71. The van der Waals surface area contributed by atoms with Crippen LogP contribution in [0.4, 0.5) is 0 Å². The highest BCUT2D eigenvalue weighted by Gasteiger charge is 2.25. The van der Waals surface area contributed by atoms with Gasteiger partial charge < -0.3 is 14.6 Å². The predicted octanol–water partition coefficient (Wildman–Crippen LogP) is 3.41. The van der Waals surface area contributed by atoms with Crippen LogP contribution >= 0.6 is 0 Å². The van der Waals surface area contributed by atoms with Crippen molar-refractivity contribution in [3.05, 3.63) is 34.9 Å². The number of aliphatic hydroxyl groups excluding tert-OH is 1. The largest absolute Gasteiger partial charge is 0.476 e. The quantitative estimate of drug-likeness (QED) is 0.375. The molecule has 0 aliphatic carbocycles. The minimum atomic E-state index is -0.151. The van der Waals surface area contributed by atoms with Gasteiger partial charge in [-0.25, -0.2) is 0 Å². The molecule has 3 N–H and O–H groups in total. The molecule has 0 saturated carbocycles. The fourth-order valence-corrected chi connectivity index (χ4v) is 4.71. The van der Waals surface area contributed by atoms with E-state index in [1.165, 1.54) is 0 Å². The lowest BCUT2D eigenvalue weighted by Gasteiger charge is -2.29. The Balaban J connectivity index is 1.71. The van der Waals surface area contributed by atoms with Gasteiger partial charge in [0.25, 0.3) is 0 Å². The third-order valence-corrected chi connectivity index (χ3v) is 6.60. The first-order valence-corrected chi connectivity index (χ1v) is 12.7. The van der Waals surface area contributed by atoms with Crippen LogP contribution in [0.1, 0.15) is 50.3 Å². The molecule has 11 nitrogen and oxygen atoms in total. The average molecular weight is 507 g/mol. The molecule has 1 aliphatic rings. The van der Waals surface area contributed by atoms with Crippen LogP contribution < -0.4 is 9.47 Å². The van der Waals surface area contributed by atoms with Gasteiger partial charge in [-0.3, -0.25) is 24.8 Å². The molecule has 11 heteroatoms. The van der Waals surface area contributed by atoms with E-state index in [4.69, 9.17) is 14.6 Å². The maximum absolute atomic E-state index is 9.75. The van der Waals surface area contributed by atoms with Crippen molar-refractivity contribution in [3.8, 4) is 23.0 Å². The molecule has 37 heavy (non-hydrogen) atoms. The van der Waals surface area contributed by atoms with Gasteiger partial charge in [-0.15, -0.1) is 10.2 Å². The van der Waals surface area contributed by atoms with E-state index in [1.807, 2.05) is 43.7 Å². The molecule has 0 amide bonds. The second-order valence-electron chi connectivity index (χ2n) is 9.58. The fraction of sp³-hybridized carbons (Fsp3) is 0.462. The van der Waals surface area contributed by atoms with E-state index in [2.05, 4.69) is 44.1 Å². The van der Waals surface area contributed by atoms with Crippen molar-refractivity contribution in [1.29, 1.82) is 0 Å². The molecule has 1 atom stereocenters. The summed E-state index contributed by atoms with van der Waals surface area (Å²) in [5.41, 5.74) is 5.93. The van der Waals surface area contributed by atoms with Gasteiger partial charge >= 0.3 is 0 Å². The minimum Gasteiger partial charge on any atom is -0.476 e. The van der Waals surface area contributed by atoms with Crippen LogP contribution in [-0.4, -0.2) is 77.1 Å². The number of aromatic amines is 2. The molecule has 1 aliphatic heterocycles. The molecule has 5 heterocycles. The maximum atomic E-state index is 9.75. The first-order valence-electron chi connectivity index (χ1n) is 12.7. The summed E-state index contributed by atoms with van der Waals surface area (Å²) in [7, 11) is 0. The van der Waals surface area contributed by atoms with Crippen molar-refractivity contribution >= 4 is 23.1 Å². The van der Waals surface area contributed by atoms with Gasteiger partial charge in [0.05, 0.1) is 59.7 Å². The smallest absolute Gasteiger partial charge is 0.242 e. The van der Waals surface area contributed by atoms with Crippen LogP contribution in [0.5, 0.6) is 11.8 Å². The summed E-state index contributed by atoms with van der Waals surface area (Å²) in [6.45, 7) is 12.4. The molecule has 0 aromatic carbocycles. The SMILES string of the molecule is CCOc1nn(CCO)c2c1/C=C/c1n[nH]c3cnc(cc13)-c1c(n[nH]c1C)OC(C)CN(C(C)C)C2. The third kappa shape index (κ3) is 4.84. The molecular formula is C26H34N8O3. The van der Waals surface area contributed by atoms with E-state index in [0.717, 1.165) is 44.8 Å². The number of rotatable bonds is 5. The Morgan fingerprint density at radius 2 is 2.08 bits per heavy atom. The number of aryl methyl sites for hydroxylation is 1. The van der Waals surface area contributed by atoms with Gasteiger partial charge in [0, 0.05) is 30.2 Å². The molecule has 4 aromatic heterocycles. The number of hydrogen-bond donors (Lipinski definition) is 3. The second-order valence-corrected chi connectivity index (χ2v) is 9.58. The van der Waals surface area contributed by atoms with Crippen LogP contribution in [0.15, 0.2) is 12.3 Å². The lowest BCUT2D eigenvalue weighted by Crippen LogP contribution is -2.39. The topological polar surface area (TPSA) is 130 Å². The first-order chi connectivity index (χ1) is 17.9. The number of pyridine rings is 1. The van der Waals surface area contributed by atoms with E-state index in [9.17, 15) is 5.11 Å². The number of nitrogens with zero attached hydrogens (tertiary/aromatic N) is 6. The number of aliphatic hydroxyl groups is 1. The summed E-state index contributed by atoms with van der Waals surface area (Å²) >= 11 is 0. The van der Waals surface area contributed by atoms with Gasteiger partial charge in [0.15, 0.2) is 0 Å². The van der Waals surface area contributed by atoms with E-state index in [-0.39, 0.29) is 18.8 Å². The van der Waals surface area contributed by atoms with Crippen molar-refractivity contribution in [3.63, 3.8) is 0 Å². The zero-order valence-corrected chi connectivity index (χ0v) is 21.9. The van der Waals surface area contributed by atoms with Crippen molar-refractivity contribution < 1.29 is 14.6 Å². The van der Waals surface area contributed by atoms with E-state index in [1.54, 1.807) is 6.20 Å². The van der Waals surface area contributed by atoms with E-state index >= 15 is 0 Å². The number of aromatic nitrogens is 7.